The van der Waals surface area contributed by atoms with E-state index in [1.165, 1.54) is 22.3 Å². The SMILES string of the molecule is CN(C)Cc1ccc(CCN2C(=O)CN(C)C2c2ccc(C(C)(C)C)cc2)cc1. The van der Waals surface area contributed by atoms with Crippen LogP contribution in [0.15, 0.2) is 48.5 Å². The van der Waals surface area contributed by atoms with Crippen molar-refractivity contribution in [3.05, 3.63) is 70.8 Å². The Morgan fingerprint density at radius 2 is 1.55 bits per heavy atom. The molecule has 29 heavy (non-hydrogen) atoms. The molecule has 0 N–H and O–H groups in total. The molecule has 156 valence electrons. The van der Waals surface area contributed by atoms with E-state index in [0.717, 1.165) is 19.5 Å². The van der Waals surface area contributed by atoms with Crippen molar-refractivity contribution in [3.8, 4) is 0 Å². The molecule has 0 radical (unpaired) electrons. The molecule has 2 aromatic carbocycles. The van der Waals surface area contributed by atoms with E-state index in [2.05, 4.69) is 93.2 Å². The topological polar surface area (TPSA) is 26.8 Å². The van der Waals surface area contributed by atoms with E-state index in [1.54, 1.807) is 0 Å². The van der Waals surface area contributed by atoms with Crippen molar-refractivity contribution < 1.29 is 4.79 Å². The van der Waals surface area contributed by atoms with Crippen molar-refractivity contribution in [2.45, 2.75) is 45.3 Å². The van der Waals surface area contributed by atoms with Gasteiger partial charge >= 0.3 is 0 Å². The highest BCUT2D eigenvalue weighted by molar-refractivity contribution is 5.81. The van der Waals surface area contributed by atoms with Gasteiger partial charge in [0.2, 0.25) is 5.91 Å². The van der Waals surface area contributed by atoms with Crippen LogP contribution in [0, 0.1) is 0 Å². The van der Waals surface area contributed by atoms with E-state index in [-0.39, 0.29) is 17.5 Å². The van der Waals surface area contributed by atoms with Gasteiger partial charge in [-0.2, -0.15) is 0 Å². The van der Waals surface area contributed by atoms with Crippen molar-refractivity contribution in [1.29, 1.82) is 0 Å². The molecule has 0 bridgehead atoms. The quantitative estimate of drug-likeness (QED) is 0.740. The smallest absolute Gasteiger partial charge is 0.238 e. The molecule has 0 spiro atoms. The summed E-state index contributed by atoms with van der Waals surface area (Å²) in [6.45, 7) is 8.84. The predicted octanol–water partition coefficient (Wildman–Crippen LogP) is 4.06. The third-order valence-electron chi connectivity index (χ3n) is 5.66. The summed E-state index contributed by atoms with van der Waals surface area (Å²) in [7, 11) is 6.20. The molecule has 0 aromatic heterocycles. The van der Waals surface area contributed by atoms with Gasteiger partial charge < -0.3 is 9.80 Å². The van der Waals surface area contributed by atoms with Crippen molar-refractivity contribution in [2.24, 2.45) is 0 Å². The third-order valence-corrected chi connectivity index (χ3v) is 5.66. The highest BCUT2D eigenvalue weighted by atomic mass is 16.2. The minimum atomic E-state index is 0.0181. The zero-order valence-electron chi connectivity index (χ0n) is 18.8. The summed E-state index contributed by atoms with van der Waals surface area (Å²) in [5, 5.41) is 0. The van der Waals surface area contributed by atoms with E-state index < -0.39 is 0 Å². The number of carbonyl (C=O) groups is 1. The molecule has 1 saturated heterocycles. The summed E-state index contributed by atoms with van der Waals surface area (Å²) in [5.41, 5.74) is 5.23. The Labute approximate surface area is 176 Å². The molecule has 1 fully saturated rings. The van der Waals surface area contributed by atoms with Gasteiger partial charge in [-0.25, -0.2) is 0 Å². The van der Waals surface area contributed by atoms with Gasteiger partial charge in [-0.15, -0.1) is 0 Å². The second kappa shape index (κ2) is 8.68. The average Bonchev–Trinajstić information content (AvgIpc) is 2.93. The predicted molar refractivity (Wildman–Crippen MR) is 120 cm³/mol. The van der Waals surface area contributed by atoms with Crippen molar-refractivity contribution in [3.63, 3.8) is 0 Å². The molecular weight excluding hydrogens is 358 g/mol. The lowest BCUT2D eigenvalue weighted by molar-refractivity contribution is -0.128. The van der Waals surface area contributed by atoms with Gasteiger partial charge in [-0.3, -0.25) is 9.69 Å². The maximum atomic E-state index is 12.7. The Kier molecular flexibility index (Phi) is 6.45. The maximum Gasteiger partial charge on any atom is 0.238 e. The molecule has 3 rings (SSSR count). The number of nitrogens with zero attached hydrogens (tertiary/aromatic N) is 3. The number of likely N-dealkylation sites (N-methyl/N-ethyl adjacent to an activating group) is 1. The zero-order chi connectivity index (χ0) is 21.2. The number of hydrogen-bond donors (Lipinski definition) is 0. The Hall–Kier alpha value is -2.17. The van der Waals surface area contributed by atoms with Crippen LogP contribution in [-0.2, 0) is 23.2 Å². The van der Waals surface area contributed by atoms with Crippen LogP contribution < -0.4 is 0 Å². The first-order valence-corrected chi connectivity index (χ1v) is 10.5. The minimum Gasteiger partial charge on any atom is -0.321 e. The molecule has 1 atom stereocenters. The number of rotatable bonds is 6. The van der Waals surface area contributed by atoms with Crippen LogP contribution in [0.4, 0.5) is 0 Å². The van der Waals surface area contributed by atoms with Gasteiger partial charge in [0.1, 0.15) is 6.17 Å². The van der Waals surface area contributed by atoms with E-state index in [1.807, 2.05) is 11.9 Å². The molecule has 1 aliphatic rings. The second-order valence-corrected chi connectivity index (χ2v) is 9.55. The van der Waals surface area contributed by atoms with Crippen molar-refractivity contribution >= 4 is 5.91 Å². The van der Waals surface area contributed by atoms with Gasteiger partial charge in [0.05, 0.1) is 6.54 Å². The largest absolute Gasteiger partial charge is 0.321 e. The Morgan fingerprint density at radius 1 is 0.966 bits per heavy atom. The van der Waals surface area contributed by atoms with E-state index in [9.17, 15) is 4.79 Å². The van der Waals surface area contributed by atoms with Gasteiger partial charge in [0, 0.05) is 13.1 Å². The first kappa shape index (κ1) is 21.5. The molecule has 1 heterocycles. The fourth-order valence-electron chi connectivity index (χ4n) is 4.03. The number of carbonyl (C=O) groups excluding carboxylic acids is 1. The van der Waals surface area contributed by atoms with Gasteiger partial charge in [0.25, 0.3) is 0 Å². The molecule has 2 aromatic rings. The third kappa shape index (κ3) is 5.26. The van der Waals surface area contributed by atoms with E-state index >= 15 is 0 Å². The van der Waals surface area contributed by atoms with Crippen LogP contribution in [0.2, 0.25) is 0 Å². The lowest BCUT2D eigenvalue weighted by atomic mass is 9.86. The standard InChI is InChI=1S/C25H35N3O/c1-25(2,3)22-13-11-21(12-14-22)24-27(6)18-23(29)28(24)16-15-19-7-9-20(10-8-19)17-26(4)5/h7-14,24H,15-18H2,1-6H3. The maximum absolute atomic E-state index is 12.7. The summed E-state index contributed by atoms with van der Waals surface area (Å²) in [5.74, 6) is 0.210. The summed E-state index contributed by atoms with van der Waals surface area (Å²) >= 11 is 0. The van der Waals surface area contributed by atoms with Crippen LogP contribution in [0.3, 0.4) is 0 Å². The van der Waals surface area contributed by atoms with Gasteiger partial charge in [-0.05, 0) is 55.2 Å². The molecule has 1 amide bonds. The lowest BCUT2D eigenvalue weighted by Crippen LogP contribution is -2.32. The Balaban J connectivity index is 1.71. The first-order chi connectivity index (χ1) is 13.6. The number of amides is 1. The molecule has 1 aliphatic heterocycles. The van der Waals surface area contributed by atoms with Gasteiger partial charge in [-0.1, -0.05) is 69.3 Å². The van der Waals surface area contributed by atoms with Crippen LogP contribution in [0.5, 0.6) is 0 Å². The van der Waals surface area contributed by atoms with Gasteiger partial charge in [0.15, 0.2) is 0 Å². The number of benzene rings is 2. The summed E-state index contributed by atoms with van der Waals surface area (Å²) < 4.78 is 0. The fourth-order valence-corrected chi connectivity index (χ4v) is 4.03. The van der Waals surface area contributed by atoms with Crippen LogP contribution in [-0.4, -0.2) is 54.8 Å². The van der Waals surface area contributed by atoms with Crippen LogP contribution in [0.25, 0.3) is 0 Å². The van der Waals surface area contributed by atoms with E-state index in [4.69, 9.17) is 0 Å². The first-order valence-electron chi connectivity index (χ1n) is 10.5. The van der Waals surface area contributed by atoms with Crippen LogP contribution >= 0.6 is 0 Å². The van der Waals surface area contributed by atoms with E-state index in [0.29, 0.717) is 6.54 Å². The summed E-state index contributed by atoms with van der Waals surface area (Å²) in [6, 6.07) is 17.5. The molecular formula is C25H35N3O. The molecule has 4 nitrogen and oxygen atoms in total. The summed E-state index contributed by atoms with van der Waals surface area (Å²) in [4.78, 5) is 19.0. The lowest BCUT2D eigenvalue weighted by Gasteiger charge is -2.29. The molecule has 1 unspecified atom stereocenters. The molecule has 0 saturated carbocycles. The zero-order valence-corrected chi connectivity index (χ0v) is 18.8. The summed E-state index contributed by atoms with van der Waals surface area (Å²) in [6.07, 6.45) is 0.891. The van der Waals surface area contributed by atoms with Crippen LogP contribution in [0.1, 0.15) is 49.2 Å². The highest BCUT2D eigenvalue weighted by Gasteiger charge is 2.36. The Morgan fingerprint density at radius 3 is 2.10 bits per heavy atom. The highest BCUT2D eigenvalue weighted by Crippen LogP contribution is 2.31. The van der Waals surface area contributed by atoms with Crippen molar-refractivity contribution in [1.82, 2.24) is 14.7 Å². The number of hydrogen-bond acceptors (Lipinski definition) is 3. The van der Waals surface area contributed by atoms with Crippen molar-refractivity contribution in [2.75, 3.05) is 34.2 Å². The average molecular weight is 394 g/mol. The molecule has 4 heteroatoms. The fraction of sp³-hybridized carbons (Fsp3) is 0.480. The molecule has 0 aliphatic carbocycles. The monoisotopic (exact) mass is 393 g/mol. The normalized spacial score (nSPS) is 18.1. The minimum absolute atomic E-state index is 0.0181. The Bertz CT molecular complexity index is 819. The second-order valence-electron chi connectivity index (χ2n) is 9.55.